The van der Waals surface area contributed by atoms with Crippen LogP contribution in [0, 0.1) is 0 Å². The summed E-state index contributed by atoms with van der Waals surface area (Å²) in [4.78, 5) is 5.03. The van der Waals surface area contributed by atoms with Crippen LogP contribution in [0.25, 0.3) is 76.5 Å². The Bertz CT molecular complexity index is 3940. The highest BCUT2D eigenvalue weighted by Crippen LogP contribution is 2.51. The van der Waals surface area contributed by atoms with Gasteiger partial charge in [0.25, 0.3) is 0 Å². The molecule has 2 nitrogen and oxygen atoms in total. The van der Waals surface area contributed by atoms with Gasteiger partial charge in [-0.1, -0.05) is 182 Å². The van der Waals surface area contributed by atoms with Crippen LogP contribution >= 0.6 is 0 Å². The first-order chi connectivity index (χ1) is 34.7. The predicted octanol–water partition coefficient (Wildman–Crippen LogP) is 18.4. The third-order valence-corrected chi connectivity index (χ3v) is 15.2. The molecular formula is C68H48N2. The maximum absolute atomic E-state index is 2.51. The SMILES string of the molecule is c1ccc2c(c1)CCc1ccccc1N2c1ccc2c(-c3ccc4ccccc4c3)c3cc(N4c5ccccc5CCc5ccccc54)ccc3c(-c3ccc(-c4ccc5ccccc5c4)cc3)c2c1. The van der Waals surface area contributed by atoms with Crippen LogP contribution in [0.4, 0.5) is 34.1 Å². The molecule has 2 aliphatic rings. The number of benzene rings is 12. The third-order valence-electron chi connectivity index (χ3n) is 15.2. The van der Waals surface area contributed by atoms with Gasteiger partial charge in [-0.15, -0.1) is 0 Å². The highest BCUT2D eigenvalue weighted by atomic mass is 15.2. The molecule has 0 aromatic heterocycles. The minimum absolute atomic E-state index is 0.997. The minimum Gasteiger partial charge on any atom is -0.310 e. The summed E-state index contributed by atoms with van der Waals surface area (Å²) in [5, 5.41) is 9.88. The van der Waals surface area contributed by atoms with E-state index in [1.54, 1.807) is 0 Å². The van der Waals surface area contributed by atoms with Gasteiger partial charge in [0.2, 0.25) is 0 Å². The first-order valence-corrected chi connectivity index (χ1v) is 24.7. The molecule has 2 aliphatic heterocycles. The molecule has 0 amide bonds. The Balaban J connectivity index is 1.07. The molecule has 14 rings (SSSR count). The number of nitrogens with zero attached hydrogens (tertiary/aromatic N) is 2. The van der Waals surface area contributed by atoms with Crippen LogP contribution in [-0.2, 0) is 25.7 Å². The van der Waals surface area contributed by atoms with Crippen molar-refractivity contribution in [3.63, 3.8) is 0 Å². The van der Waals surface area contributed by atoms with E-state index in [4.69, 9.17) is 0 Å². The van der Waals surface area contributed by atoms with Crippen LogP contribution in [-0.4, -0.2) is 0 Å². The number of aryl methyl sites for hydroxylation is 4. The van der Waals surface area contributed by atoms with Crippen molar-refractivity contribution in [3.05, 3.63) is 265 Å². The first kappa shape index (κ1) is 40.4. The van der Waals surface area contributed by atoms with E-state index in [0.29, 0.717) is 0 Å². The number of fused-ring (bicyclic) bond motifs is 8. The van der Waals surface area contributed by atoms with E-state index in [-0.39, 0.29) is 0 Å². The van der Waals surface area contributed by atoms with Gasteiger partial charge in [0.15, 0.2) is 0 Å². The Labute approximate surface area is 409 Å². The second kappa shape index (κ2) is 16.5. The van der Waals surface area contributed by atoms with Crippen molar-refractivity contribution in [1.29, 1.82) is 0 Å². The highest BCUT2D eigenvalue weighted by Gasteiger charge is 2.27. The second-order valence-corrected chi connectivity index (χ2v) is 19.1. The summed E-state index contributed by atoms with van der Waals surface area (Å²) in [7, 11) is 0. The van der Waals surface area contributed by atoms with Crippen molar-refractivity contribution in [2.45, 2.75) is 25.7 Å². The molecular weight excluding hydrogens is 845 g/mol. The number of para-hydroxylation sites is 4. The van der Waals surface area contributed by atoms with E-state index < -0.39 is 0 Å². The van der Waals surface area contributed by atoms with Crippen molar-refractivity contribution in [2.75, 3.05) is 9.80 Å². The molecule has 0 N–H and O–H groups in total. The Hall–Kier alpha value is -8.72. The second-order valence-electron chi connectivity index (χ2n) is 19.1. The molecule has 0 atom stereocenters. The van der Waals surface area contributed by atoms with Gasteiger partial charge in [0.1, 0.15) is 0 Å². The maximum atomic E-state index is 2.51. The van der Waals surface area contributed by atoms with Crippen LogP contribution in [0.1, 0.15) is 22.3 Å². The molecule has 70 heavy (non-hydrogen) atoms. The molecule has 12 aromatic rings. The lowest BCUT2D eigenvalue weighted by Gasteiger charge is -2.29. The fraction of sp³-hybridized carbons (Fsp3) is 0.0588. The molecule has 0 fully saturated rings. The molecule has 0 unspecified atom stereocenters. The lowest BCUT2D eigenvalue weighted by molar-refractivity contribution is 0.977. The van der Waals surface area contributed by atoms with Crippen molar-refractivity contribution < 1.29 is 0 Å². The summed E-state index contributed by atoms with van der Waals surface area (Å²) in [6.07, 6.45) is 3.99. The Morgan fingerprint density at radius 1 is 0.229 bits per heavy atom. The third kappa shape index (κ3) is 6.71. The van der Waals surface area contributed by atoms with Gasteiger partial charge in [-0.25, -0.2) is 0 Å². The van der Waals surface area contributed by atoms with Crippen LogP contribution in [0.2, 0.25) is 0 Å². The smallest absolute Gasteiger partial charge is 0.0493 e. The normalized spacial score (nSPS) is 13.1. The van der Waals surface area contributed by atoms with Crippen LogP contribution < -0.4 is 9.80 Å². The summed E-state index contributed by atoms with van der Waals surface area (Å²) >= 11 is 0. The monoisotopic (exact) mass is 892 g/mol. The predicted molar refractivity (Wildman–Crippen MR) is 297 cm³/mol. The van der Waals surface area contributed by atoms with E-state index in [9.17, 15) is 0 Å². The first-order valence-electron chi connectivity index (χ1n) is 24.7. The van der Waals surface area contributed by atoms with Crippen LogP contribution in [0.3, 0.4) is 0 Å². The fourth-order valence-electron chi connectivity index (χ4n) is 11.8. The van der Waals surface area contributed by atoms with Crippen molar-refractivity contribution >= 4 is 77.2 Å². The molecule has 0 radical (unpaired) electrons. The van der Waals surface area contributed by atoms with Crippen molar-refractivity contribution in [2.24, 2.45) is 0 Å². The molecule has 0 bridgehead atoms. The number of hydrogen-bond donors (Lipinski definition) is 0. The summed E-state index contributed by atoms with van der Waals surface area (Å²) < 4.78 is 0. The van der Waals surface area contributed by atoms with Crippen LogP contribution in [0.5, 0.6) is 0 Å². The Morgan fingerprint density at radius 2 is 0.571 bits per heavy atom. The maximum Gasteiger partial charge on any atom is 0.0493 e. The average Bonchev–Trinajstić information content (AvgIpc) is 3.70. The molecule has 2 heteroatoms. The average molecular weight is 893 g/mol. The number of rotatable bonds is 5. The van der Waals surface area contributed by atoms with E-state index in [1.807, 2.05) is 0 Å². The largest absolute Gasteiger partial charge is 0.310 e. The van der Waals surface area contributed by atoms with E-state index >= 15 is 0 Å². The topological polar surface area (TPSA) is 6.48 Å². The zero-order valence-electron chi connectivity index (χ0n) is 38.8. The standard InChI is InChI=1S/C68H48N2/c1-3-19-53-41-55(35-27-45(53)13-1)47-25-33-52(34-26-47)67-59-39-37-58(70-65-23-11-7-17-50(65)31-32-51-18-8-12-24-66(51)70)44-62(59)68(56-36-28-46-14-2-4-20-54(46)42-56)60-40-38-57(43-61(60)67)69-63-21-9-5-15-48(63)29-30-49-16-6-10-22-64(49)69/h1-28,33-44H,29-32H2. The summed E-state index contributed by atoms with van der Waals surface area (Å²) in [5.41, 5.74) is 20.0. The zero-order valence-corrected chi connectivity index (χ0v) is 38.8. The summed E-state index contributed by atoms with van der Waals surface area (Å²) in [6.45, 7) is 0. The molecule has 330 valence electrons. The Morgan fingerprint density at radius 3 is 1.03 bits per heavy atom. The summed E-state index contributed by atoms with van der Waals surface area (Å²) in [6, 6.07) is 91.1. The molecule has 2 heterocycles. The lowest BCUT2D eigenvalue weighted by Crippen LogP contribution is -2.12. The molecule has 0 saturated heterocycles. The summed E-state index contributed by atoms with van der Waals surface area (Å²) in [5.74, 6) is 0. The van der Waals surface area contributed by atoms with Crippen molar-refractivity contribution in [3.8, 4) is 33.4 Å². The minimum atomic E-state index is 0.997. The highest BCUT2D eigenvalue weighted by molar-refractivity contribution is 6.23. The van der Waals surface area contributed by atoms with Gasteiger partial charge < -0.3 is 9.80 Å². The number of hydrogen-bond acceptors (Lipinski definition) is 2. The van der Waals surface area contributed by atoms with Gasteiger partial charge in [-0.3, -0.25) is 0 Å². The Kier molecular flexibility index (Phi) is 9.52. The van der Waals surface area contributed by atoms with E-state index in [1.165, 1.54) is 121 Å². The van der Waals surface area contributed by atoms with E-state index in [2.05, 4.69) is 252 Å². The molecule has 12 aromatic carbocycles. The van der Waals surface area contributed by atoms with Gasteiger partial charge >= 0.3 is 0 Å². The molecule has 0 aliphatic carbocycles. The van der Waals surface area contributed by atoms with E-state index in [0.717, 1.165) is 37.1 Å². The molecule has 0 spiro atoms. The molecule has 0 saturated carbocycles. The van der Waals surface area contributed by atoms with Gasteiger partial charge in [0.05, 0.1) is 0 Å². The van der Waals surface area contributed by atoms with Gasteiger partial charge in [-0.2, -0.15) is 0 Å². The van der Waals surface area contributed by atoms with Crippen LogP contribution in [0.15, 0.2) is 243 Å². The quantitative estimate of drug-likeness (QED) is 0.159. The fourth-order valence-corrected chi connectivity index (χ4v) is 11.8. The van der Waals surface area contributed by atoms with Crippen molar-refractivity contribution in [1.82, 2.24) is 0 Å². The lowest BCUT2D eigenvalue weighted by atomic mass is 9.84. The zero-order chi connectivity index (χ0) is 46.1. The van der Waals surface area contributed by atoms with Gasteiger partial charge in [0, 0.05) is 34.1 Å². The number of anilines is 6. The van der Waals surface area contributed by atoms with Gasteiger partial charge in [-0.05, 0) is 185 Å².